The number of hydrogen-bond donors (Lipinski definition) is 1. The van der Waals surface area contributed by atoms with Gasteiger partial charge in [0, 0.05) is 30.2 Å². The molecular formula is C22H20N4O3. The summed E-state index contributed by atoms with van der Waals surface area (Å²) in [5.41, 5.74) is 3.70. The number of H-pyrrole nitrogens is 1. The summed E-state index contributed by atoms with van der Waals surface area (Å²) in [6.45, 7) is 4.28. The number of nitrogens with zero attached hydrogens (tertiary/aromatic N) is 3. The highest BCUT2D eigenvalue weighted by molar-refractivity contribution is 6.06. The van der Waals surface area contributed by atoms with Crippen molar-refractivity contribution in [2.45, 2.75) is 6.92 Å². The molecule has 146 valence electrons. The maximum atomic E-state index is 12.9. The molecule has 7 heteroatoms. The normalized spacial score (nSPS) is 14.6. The van der Waals surface area contributed by atoms with Gasteiger partial charge in [-0.1, -0.05) is 17.7 Å². The lowest BCUT2D eigenvalue weighted by Crippen LogP contribution is -2.40. The third kappa shape index (κ3) is 3.00. The van der Waals surface area contributed by atoms with E-state index in [2.05, 4.69) is 10.1 Å². The van der Waals surface area contributed by atoms with Gasteiger partial charge in [0.25, 0.3) is 11.5 Å². The second-order valence-corrected chi connectivity index (χ2v) is 7.27. The highest BCUT2D eigenvalue weighted by Crippen LogP contribution is 2.23. The molecule has 1 amide bonds. The van der Waals surface area contributed by atoms with E-state index in [4.69, 9.17) is 4.74 Å². The molecule has 0 atom stereocenters. The van der Waals surface area contributed by atoms with Gasteiger partial charge in [-0.05, 0) is 37.3 Å². The highest BCUT2D eigenvalue weighted by Gasteiger charge is 2.20. The molecule has 2 aromatic heterocycles. The zero-order chi connectivity index (χ0) is 20.0. The summed E-state index contributed by atoms with van der Waals surface area (Å²) in [6, 6.07) is 13.1. The van der Waals surface area contributed by atoms with Crippen molar-refractivity contribution in [3.8, 4) is 5.69 Å². The SMILES string of the molecule is Cc1ccc(-n2[nH]c3c(cnc4ccc(C(=O)N5CCOCC5)cc43)c2=O)cc1. The van der Waals surface area contributed by atoms with Gasteiger partial charge in [0.1, 0.15) is 0 Å². The van der Waals surface area contributed by atoms with Crippen molar-refractivity contribution in [1.29, 1.82) is 0 Å². The fourth-order valence-electron chi connectivity index (χ4n) is 3.72. The third-order valence-corrected chi connectivity index (χ3v) is 5.36. The number of carbonyl (C=O) groups excluding carboxylic acids is 1. The standard InChI is InChI=1S/C22H20N4O3/c1-14-2-5-16(6-3-14)26-22(28)18-13-23-19-7-4-15(12-17(19)20(18)24-26)21(27)25-8-10-29-11-9-25/h2-7,12-13,24H,8-11H2,1H3. The van der Waals surface area contributed by atoms with Gasteiger partial charge < -0.3 is 9.64 Å². The number of pyridine rings is 1. The van der Waals surface area contributed by atoms with E-state index in [1.807, 2.05) is 43.3 Å². The number of carbonyl (C=O) groups is 1. The summed E-state index contributed by atoms with van der Waals surface area (Å²) in [6.07, 6.45) is 1.59. The number of hydrogen-bond acceptors (Lipinski definition) is 4. The van der Waals surface area contributed by atoms with Gasteiger partial charge in [0.05, 0.1) is 35.3 Å². The van der Waals surface area contributed by atoms with Crippen LogP contribution in [0.1, 0.15) is 15.9 Å². The van der Waals surface area contributed by atoms with Gasteiger partial charge in [-0.15, -0.1) is 0 Å². The molecule has 0 unspecified atom stereocenters. The third-order valence-electron chi connectivity index (χ3n) is 5.36. The number of aryl methyl sites for hydroxylation is 1. The van der Waals surface area contributed by atoms with E-state index >= 15 is 0 Å². The first-order valence-electron chi connectivity index (χ1n) is 9.59. The number of aromatic nitrogens is 3. The summed E-state index contributed by atoms with van der Waals surface area (Å²) in [5.74, 6) is -0.0347. The molecule has 3 heterocycles. The number of rotatable bonds is 2. The number of nitrogens with one attached hydrogen (secondary N) is 1. The minimum Gasteiger partial charge on any atom is -0.378 e. The average Bonchev–Trinajstić information content (AvgIpc) is 3.11. The van der Waals surface area contributed by atoms with E-state index in [1.54, 1.807) is 17.2 Å². The maximum absolute atomic E-state index is 12.9. The summed E-state index contributed by atoms with van der Waals surface area (Å²) < 4.78 is 6.85. The van der Waals surface area contributed by atoms with Crippen LogP contribution in [0.25, 0.3) is 27.5 Å². The summed E-state index contributed by atoms with van der Waals surface area (Å²) in [4.78, 5) is 32.0. The number of aromatic amines is 1. The zero-order valence-electron chi connectivity index (χ0n) is 16.0. The van der Waals surface area contributed by atoms with Crippen molar-refractivity contribution in [2.75, 3.05) is 26.3 Å². The number of benzene rings is 2. The number of fused-ring (bicyclic) bond motifs is 3. The Balaban J connectivity index is 1.65. The Bertz CT molecular complexity index is 1280. The monoisotopic (exact) mass is 388 g/mol. The van der Waals surface area contributed by atoms with E-state index in [9.17, 15) is 9.59 Å². The first-order valence-corrected chi connectivity index (χ1v) is 9.59. The molecule has 1 fully saturated rings. The molecule has 5 rings (SSSR count). The largest absolute Gasteiger partial charge is 0.378 e. The molecule has 0 spiro atoms. The molecule has 2 aromatic carbocycles. The first-order chi connectivity index (χ1) is 14.1. The van der Waals surface area contributed by atoms with Crippen molar-refractivity contribution >= 4 is 27.7 Å². The molecule has 0 saturated carbocycles. The number of ether oxygens (including phenoxy) is 1. The molecule has 0 radical (unpaired) electrons. The van der Waals surface area contributed by atoms with Crippen molar-refractivity contribution < 1.29 is 9.53 Å². The van der Waals surface area contributed by atoms with Crippen LogP contribution in [0.3, 0.4) is 0 Å². The van der Waals surface area contributed by atoms with Crippen molar-refractivity contribution in [3.63, 3.8) is 0 Å². The number of amides is 1. The smallest absolute Gasteiger partial charge is 0.280 e. The fraction of sp³-hybridized carbons (Fsp3) is 0.227. The lowest BCUT2D eigenvalue weighted by Gasteiger charge is -2.26. The zero-order valence-corrected chi connectivity index (χ0v) is 16.0. The Hall–Kier alpha value is -3.45. The topological polar surface area (TPSA) is 80.2 Å². The molecule has 1 aliphatic heterocycles. The van der Waals surface area contributed by atoms with Gasteiger partial charge in [0.2, 0.25) is 0 Å². The van der Waals surface area contributed by atoms with Gasteiger partial charge in [-0.2, -0.15) is 0 Å². The lowest BCUT2D eigenvalue weighted by molar-refractivity contribution is 0.0303. The summed E-state index contributed by atoms with van der Waals surface area (Å²) >= 11 is 0. The second-order valence-electron chi connectivity index (χ2n) is 7.27. The quantitative estimate of drug-likeness (QED) is 0.573. The Kier molecular flexibility index (Phi) is 4.17. The van der Waals surface area contributed by atoms with Crippen LogP contribution in [0.2, 0.25) is 0 Å². The number of morpholine rings is 1. The predicted molar refractivity (Wildman–Crippen MR) is 111 cm³/mol. The minimum absolute atomic E-state index is 0.0347. The van der Waals surface area contributed by atoms with Crippen molar-refractivity contribution in [3.05, 3.63) is 70.1 Å². The lowest BCUT2D eigenvalue weighted by atomic mass is 10.1. The summed E-state index contributed by atoms with van der Waals surface area (Å²) in [7, 11) is 0. The van der Waals surface area contributed by atoms with E-state index in [0.717, 1.165) is 22.2 Å². The van der Waals surface area contributed by atoms with E-state index in [0.29, 0.717) is 42.8 Å². The van der Waals surface area contributed by atoms with E-state index in [1.165, 1.54) is 4.68 Å². The maximum Gasteiger partial charge on any atom is 0.280 e. The first kappa shape index (κ1) is 17.6. The molecule has 1 saturated heterocycles. The molecule has 7 nitrogen and oxygen atoms in total. The molecule has 0 aliphatic carbocycles. The van der Waals surface area contributed by atoms with E-state index in [-0.39, 0.29) is 11.5 Å². The second kappa shape index (κ2) is 6.86. The van der Waals surface area contributed by atoms with Crippen LogP contribution in [0.4, 0.5) is 0 Å². The molecular weight excluding hydrogens is 368 g/mol. The Morgan fingerprint density at radius 3 is 2.59 bits per heavy atom. The van der Waals surface area contributed by atoms with Gasteiger partial charge in [-0.25, -0.2) is 4.68 Å². The molecule has 4 aromatic rings. The van der Waals surface area contributed by atoms with Crippen LogP contribution in [0.5, 0.6) is 0 Å². The van der Waals surface area contributed by atoms with E-state index < -0.39 is 0 Å². The van der Waals surface area contributed by atoms with Gasteiger partial charge >= 0.3 is 0 Å². The van der Waals surface area contributed by atoms with Crippen LogP contribution >= 0.6 is 0 Å². The van der Waals surface area contributed by atoms with Crippen molar-refractivity contribution in [2.24, 2.45) is 0 Å². The Morgan fingerprint density at radius 1 is 1.07 bits per heavy atom. The van der Waals surface area contributed by atoms with Crippen LogP contribution in [0, 0.1) is 6.92 Å². The van der Waals surface area contributed by atoms with Crippen LogP contribution < -0.4 is 5.56 Å². The highest BCUT2D eigenvalue weighted by atomic mass is 16.5. The van der Waals surface area contributed by atoms with Crippen LogP contribution in [-0.4, -0.2) is 51.9 Å². The molecule has 0 bridgehead atoms. The van der Waals surface area contributed by atoms with Crippen LogP contribution in [-0.2, 0) is 4.74 Å². The predicted octanol–water partition coefficient (Wildman–Crippen LogP) is 2.65. The fourth-order valence-corrected chi connectivity index (χ4v) is 3.72. The van der Waals surface area contributed by atoms with Crippen molar-refractivity contribution in [1.82, 2.24) is 19.7 Å². The van der Waals surface area contributed by atoms with Gasteiger partial charge in [-0.3, -0.25) is 19.7 Å². The Morgan fingerprint density at radius 2 is 1.83 bits per heavy atom. The molecule has 1 N–H and O–H groups in total. The van der Waals surface area contributed by atoms with Gasteiger partial charge in [0.15, 0.2) is 0 Å². The summed E-state index contributed by atoms with van der Waals surface area (Å²) in [5, 5.41) is 4.46. The average molecular weight is 388 g/mol. The van der Waals surface area contributed by atoms with Crippen LogP contribution in [0.15, 0.2) is 53.5 Å². The molecule has 1 aliphatic rings. The molecule has 29 heavy (non-hydrogen) atoms. The minimum atomic E-state index is -0.164. The Labute approximate surface area is 166 Å².